The lowest BCUT2D eigenvalue weighted by molar-refractivity contribution is 0.100. The van der Waals surface area contributed by atoms with Gasteiger partial charge in [-0.25, -0.2) is 9.38 Å². The lowest BCUT2D eigenvalue weighted by atomic mass is 10.1. The van der Waals surface area contributed by atoms with Crippen LogP contribution in [0.3, 0.4) is 0 Å². The van der Waals surface area contributed by atoms with E-state index < -0.39 is 5.91 Å². The first-order valence-corrected chi connectivity index (χ1v) is 9.23. The van der Waals surface area contributed by atoms with Crippen LogP contribution in [0.2, 0.25) is 0 Å². The number of aromatic nitrogens is 1. The van der Waals surface area contributed by atoms with Crippen LogP contribution >= 0.6 is 0 Å². The van der Waals surface area contributed by atoms with E-state index in [9.17, 15) is 9.18 Å². The number of nitrogens with one attached hydrogen (secondary N) is 3. The highest BCUT2D eigenvalue weighted by Gasteiger charge is 2.06. The van der Waals surface area contributed by atoms with Gasteiger partial charge in [-0.05, 0) is 54.8 Å². The Kier molecular flexibility index (Phi) is 6.26. The van der Waals surface area contributed by atoms with Crippen molar-refractivity contribution < 1.29 is 9.18 Å². The molecule has 6 nitrogen and oxygen atoms in total. The average molecular weight is 381 g/mol. The first kappa shape index (κ1) is 19.4. The number of guanidine groups is 1. The molecule has 0 saturated carbocycles. The molecule has 1 aromatic heterocycles. The van der Waals surface area contributed by atoms with Crippen molar-refractivity contribution in [2.45, 2.75) is 19.9 Å². The van der Waals surface area contributed by atoms with Crippen LogP contribution in [-0.2, 0) is 13.0 Å². The van der Waals surface area contributed by atoms with Crippen LogP contribution in [0.4, 0.5) is 4.39 Å². The van der Waals surface area contributed by atoms with E-state index in [4.69, 9.17) is 5.73 Å². The number of hydrogen-bond acceptors (Lipinski definition) is 2. The lowest BCUT2D eigenvalue weighted by Crippen LogP contribution is -2.38. The summed E-state index contributed by atoms with van der Waals surface area (Å²) in [6.45, 7) is 3.88. The highest BCUT2D eigenvalue weighted by Crippen LogP contribution is 2.19. The molecule has 7 heteroatoms. The summed E-state index contributed by atoms with van der Waals surface area (Å²) in [5.41, 5.74) is 8.70. The molecule has 1 heterocycles. The highest BCUT2D eigenvalue weighted by atomic mass is 19.1. The predicted molar refractivity (Wildman–Crippen MR) is 110 cm³/mol. The van der Waals surface area contributed by atoms with Crippen LogP contribution in [-0.4, -0.2) is 29.9 Å². The maximum absolute atomic E-state index is 13.5. The van der Waals surface area contributed by atoms with E-state index in [1.165, 1.54) is 6.07 Å². The molecule has 146 valence electrons. The van der Waals surface area contributed by atoms with E-state index in [1.54, 1.807) is 24.3 Å². The molecule has 1 amide bonds. The van der Waals surface area contributed by atoms with E-state index in [0.717, 1.165) is 35.0 Å². The normalized spacial score (nSPS) is 11.6. The van der Waals surface area contributed by atoms with Crippen LogP contribution in [0.25, 0.3) is 10.9 Å². The second-order valence-corrected chi connectivity index (χ2v) is 6.44. The zero-order valence-corrected chi connectivity index (χ0v) is 15.8. The number of aliphatic imine (C=N–C) groups is 1. The molecule has 0 fully saturated rings. The summed E-state index contributed by atoms with van der Waals surface area (Å²) in [5.74, 6) is 0.0216. The van der Waals surface area contributed by atoms with Crippen LogP contribution in [0.1, 0.15) is 28.4 Å². The van der Waals surface area contributed by atoms with Crippen molar-refractivity contribution in [1.82, 2.24) is 15.6 Å². The summed E-state index contributed by atoms with van der Waals surface area (Å²) >= 11 is 0. The Morgan fingerprint density at radius 2 is 1.96 bits per heavy atom. The van der Waals surface area contributed by atoms with Crippen molar-refractivity contribution >= 4 is 22.8 Å². The van der Waals surface area contributed by atoms with E-state index in [-0.39, 0.29) is 5.82 Å². The highest BCUT2D eigenvalue weighted by molar-refractivity contribution is 5.92. The maximum atomic E-state index is 13.5. The van der Waals surface area contributed by atoms with Gasteiger partial charge in [0.15, 0.2) is 5.96 Å². The number of rotatable bonds is 7. The summed E-state index contributed by atoms with van der Waals surface area (Å²) in [6.07, 6.45) is 2.65. The number of nitrogens with two attached hydrogens (primary N) is 1. The molecule has 3 aromatic rings. The van der Waals surface area contributed by atoms with Gasteiger partial charge < -0.3 is 21.4 Å². The average Bonchev–Trinajstić information content (AvgIpc) is 3.08. The van der Waals surface area contributed by atoms with Crippen molar-refractivity contribution in [3.05, 3.63) is 71.2 Å². The van der Waals surface area contributed by atoms with E-state index in [0.29, 0.717) is 24.6 Å². The summed E-state index contributed by atoms with van der Waals surface area (Å²) < 4.78 is 13.5. The van der Waals surface area contributed by atoms with Gasteiger partial charge in [0, 0.05) is 35.8 Å². The number of H-pyrrole nitrogens is 1. The minimum Gasteiger partial charge on any atom is -0.366 e. The van der Waals surface area contributed by atoms with Gasteiger partial charge in [-0.1, -0.05) is 12.1 Å². The first-order chi connectivity index (χ1) is 13.6. The fourth-order valence-corrected chi connectivity index (χ4v) is 2.96. The summed E-state index contributed by atoms with van der Waals surface area (Å²) in [6, 6.07) is 11.8. The van der Waals surface area contributed by atoms with Crippen LogP contribution in [0, 0.1) is 5.82 Å². The van der Waals surface area contributed by atoms with Crippen molar-refractivity contribution in [3.8, 4) is 0 Å². The molecule has 0 spiro atoms. The van der Waals surface area contributed by atoms with Gasteiger partial charge in [-0.3, -0.25) is 4.79 Å². The fraction of sp³-hybridized carbons (Fsp3) is 0.238. The van der Waals surface area contributed by atoms with Gasteiger partial charge in [-0.15, -0.1) is 0 Å². The van der Waals surface area contributed by atoms with Crippen molar-refractivity contribution in [3.63, 3.8) is 0 Å². The van der Waals surface area contributed by atoms with Crippen LogP contribution < -0.4 is 16.4 Å². The number of carbonyl (C=O) groups is 1. The number of benzene rings is 2. The third kappa shape index (κ3) is 4.88. The number of fused-ring (bicyclic) bond motifs is 1. The topological polar surface area (TPSA) is 95.3 Å². The van der Waals surface area contributed by atoms with Gasteiger partial charge >= 0.3 is 0 Å². The largest absolute Gasteiger partial charge is 0.366 e. The smallest absolute Gasteiger partial charge is 0.248 e. The SMILES string of the molecule is CCNC(=NCc1ccc(C(N)=O)cc1)NCCc1c[nH]c2ccc(F)cc12. The molecule has 0 aliphatic rings. The summed E-state index contributed by atoms with van der Waals surface area (Å²) in [5, 5.41) is 7.40. The molecule has 0 aliphatic heterocycles. The molecule has 5 N–H and O–H groups in total. The van der Waals surface area contributed by atoms with Gasteiger partial charge in [0.25, 0.3) is 0 Å². The number of nitrogens with zero attached hydrogens (tertiary/aromatic N) is 1. The number of amides is 1. The first-order valence-electron chi connectivity index (χ1n) is 9.23. The van der Waals surface area contributed by atoms with Crippen molar-refractivity contribution in [2.24, 2.45) is 10.7 Å². The fourth-order valence-electron chi connectivity index (χ4n) is 2.96. The van der Waals surface area contributed by atoms with E-state index in [2.05, 4.69) is 20.6 Å². The number of carbonyl (C=O) groups excluding carboxylic acids is 1. The van der Waals surface area contributed by atoms with Gasteiger partial charge in [0.2, 0.25) is 5.91 Å². The minimum absolute atomic E-state index is 0.237. The molecule has 0 unspecified atom stereocenters. The maximum Gasteiger partial charge on any atom is 0.248 e. The van der Waals surface area contributed by atoms with Crippen LogP contribution in [0.15, 0.2) is 53.7 Å². The third-order valence-electron chi connectivity index (χ3n) is 4.42. The monoisotopic (exact) mass is 381 g/mol. The van der Waals surface area contributed by atoms with E-state index >= 15 is 0 Å². The van der Waals surface area contributed by atoms with Gasteiger partial charge in [-0.2, -0.15) is 0 Å². The van der Waals surface area contributed by atoms with Gasteiger partial charge in [0.1, 0.15) is 5.82 Å². The molecule has 0 aliphatic carbocycles. The van der Waals surface area contributed by atoms with Crippen molar-refractivity contribution in [2.75, 3.05) is 13.1 Å². The zero-order chi connectivity index (χ0) is 19.9. The molecule has 0 bridgehead atoms. The minimum atomic E-state index is -0.442. The summed E-state index contributed by atoms with van der Waals surface area (Å²) in [4.78, 5) is 18.9. The molecule has 3 rings (SSSR count). The Balaban J connectivity index is 1.59. The Morgan fingerprint density at radius 3 is 2.68 bits per heavy atom. The molecular formula is C21H24FN5O. The number of hydrogen-bond donors (Lipinski definition) is 4. The Morgan fingerprint density at radius 1 is 1.18 bits per heavy atom. The molecule has 28 heavy (non-hydrogen) atoms. The Bertz CT molecular complexity index is 978. The lowest BCUT2D eigenvalue weighted by Gasteiger charge is -2.11. The Labute approximate surface area is 163 Å². The standard InChI is InChI=1S/C21H24FN5O/c1-2-24-21(27-12-14-3-5-15(6-4-14)20(23)28)25-10-9-16-13-26-19-8-7-17(22)11-18(16)19/h3-8,11,13,26H,2,9-10,12H2,1H3,(H2,23,28)(H2,24,25,27). The molecule has 0 atom stereocenters. The van der Waals surface area contributed by atoms with Gasteiger partial charge in [0.05, 0.1) is 6.54 Å². The van der Waals surface area contributed by atoms with E-state index in [1.807, 2.05) is 25.3 Å². The molecule has 0 radical (unpaired) electrons. The van der Waals surface area contributed by atoms with Crippen LogP contribution in [0.5, 0.6) is 0 Å². The number of halogens is 1. The Hall–Kier alpha value is -3.35. The number of primary amides is 1. The zero-order valence-electron chi connectivity index (χ0n) is 15.8. The third-order valence-corrected chi connectivity index (χ3v) is 4.42. The second kappa shape index (κ2) is 9.03. The molecular weight excluding hydrogens is 357 g/mol. The molecule has 2 aromatic carbocycles. The predicted octanol–water partition coefficient (Wildman–Crippen LogP) is 2.70. The summed E-state index contributed by atoms with van der Waals surface area (Å²) in [7, 11) is 0. The molecule has 0 saturated heterocycles. The second-order valence-electron chi connectivity index (χ2n) is 6.44. The quantitative estimate of drug-likeness (QED) is 0.374. The number of aromatic amines is 1. The van der Waals surface area contributed by atoms with Crippen molar-refractivity contribution in [1.29, 1.82) is 0 Å².